The molecule has 0 aromatic heterocycles. The average Bonchev–Trinajstić information content (AvgIpc) is 3.37. The maximum atomic E-state index is 12.7. The number of carbonyl (C=O) groups excluding carboxylic acids is 1. The van der Waals surface area contributed by atoms with Gasteiger partial charge >= 0.3 is 0 Å². The third-order valence-electron chi connectivity index (χ3n) is 6.33. The van der Waals surface area contributed by atoms with Crippen molar-refractivity contribution in [3.05, 3.63) is 54.1 Å². The van der Waals surface area contributed by atoms with Crippen molar-refractivity contribution >= 4 is 15.7 Å². The number of nitrogens with two attached hydrogens (primary N) is 1. The minimum atomic E-state index is -3.19. The van der Waals surface area contributed by atoms with Gasteiger partial charge in [-0.15, -0.1) is 0 Å². The van der Waals surface area contributed by atoms with Gasteiger partial charge in [0, 0.05) is 24.9 Å². The molecule has 1 heterocycles. The van der Waals surface area contributed by atoms with Crippen LogP contribution in [-0.4, -0.2) is 45.3 Å². The van der Waals surface area contributed by atoms with Crippen molar-refractivity contribution in [3.63, 3.8) is 0 Å². The maximum Gasteiger partial charge on any atom is 0.237 e. The Balaban J connectivity index is 1.37. The number of benzene rings is 2. The Hall–Kier alpha value is -2.22. The quantitative estimate of drug-likeness (QED) is 0.626. The summed E-state index contributed by atoms with van der Waals surface area (Å²) in [4.78, 5) is 13.0. The summed E-state index contributed by atoms with van der Waals surface area (Å²) in [5.41, 5.74) is 9.00. The third kappa shape index (κ3) is 4.58. The van der Waals surface area contributed by atoms with Crippen molar-refractivity contribution in [2.24, 2.45) is 11.7 Å². The Kier molecular flexibility index (Phi) is 5.95. The number of sulfone groups is 1. The van der Waals surface area contributed by atoms with Crippen LogP contribution < -0.4 is 16.4 Å². The lowest BCUT2D eigenvalue weighted by molar-refractivity contribution is -0.124. The van der Waals surface area contributed by atoms with Crippen LogP contribution in [0, 0.1) is 5.92 Å². The van der Waals surface area contributed by atoms with E-state index in [0.29, 0.717) is 29.8 Å². The van der Waals surface area contributed by atoms with E-state index >= 15 is 0 Å². The molecule has 4 N–H and O–H groups in total. The normalized spacial score (nSPS) is 24.0. The van der Waals surface area contributed by atoms with Gasteiger partial charge in [0.15, 0.2) is 9.84 Å². The number of piperidine rings is 1. The largest absolute Gasteiger partial charge is 0.350 e. The summed E-state index contributed by atoms with van der Waals surface area (Å²) in [6.45, 7) is 0.390. The summed E-state index contributed by atoms with van der Waals surface area (Å²) in [6.07, 6.45) is 5.30. The Morgan fingerprint density at radius 3 is 2.23 bits per heavy atom. The van der Waals surface area contributed by atoms with Gasteiger partial charge in [-0.25, -0.2) is 8.42 Å². The number of hydrogen-bond donors (Lipinski definition) is 3. The lowest BCUT2D eigenvalue weighted by Crippen LogP contribution is -2.52. The lowest BCUT2D eigenvalue weighted by Gasteiger charge is -2.25. The standard InChI is InChI=1S/C23H29N3O3S/c1-30(28,29)21-10-7-17(8-11-21)16-4-2-15(3-5-16)12-20(14-24)26-23(27)22-18-6-9-19(13-18)25-22/h2-5,7-8,10-11,18-20,22,25H,6,9,12-14,24H2,1H3,(H,26,27)/t18?,19?,20-,22?/m0/s1. The van der Waals surface area contributed by atoms with E-state index < -0.39 is 9.84 Å². The highest BCUT2D eigenvalue weighted by molar-refractivity contribution is 7.90. The van der Waals surface area contributed by atoms with E-state index in [2.05, 4.69) is 10.6 Å². The minimum Gasteiger partial charge on any atom is -0.350 e. The van der Waals surface area contributed by atoms with E-state index in [4.69, 9.17) is 5.73 Å². The van der Waals surface area contributed by atoms with Gasteiger partial charge in [-0.1, -0.05) is 36.4 Å². The lowest BCUT2D eigenvalue weighted by atomic mass is 9.98. The first-order chi connectivity index (χ1) is 14.3. The van der Waals surface area contributed by atoms with E-state index in [0.717, 1.165) is 29.5 Å². The van der Waals surface area contributed by atoms with Crippen LogP contribution in [0.2, 0.25) is 0 Å². The summed E-state index contributed by atoms with van der Waals surface area (Å²) in [5, 5.41) is 6.56. The number of carbonyl (C=O) groups is 1. The molecule has 2 aromatic carbocycles. The molecule has 2 aliphatic rings. The van der Waals surface area contributed by atoms with Gasteiger partial charge in [0.05, 0.1) is 10.9 Å². The molecule has 30 heavy (non-hydrogen) atoms. The van der Waals surface area contributed by atoms with Crippen LogP contribution in [-0.2, 0) is 21.1 Å². The Morgan fingerprint density at radius 2 is 1.73 bits per heavy atom. The van der Waals surface area contributed by atoms with E-state index in [1.165, 1.54) is 12.7 Å². The van der Waals surface area contributed by atoms with Gasteiger partial charge in [-0.2, -0.15) is 0 Å². The Morgan fingerprint density at radius 1 is 1.10 bits per heavy atom. The number of fused-ring (bicyclic) bond motifs is 2. The second-order valence-corrected chi connectivity index (χ2v) is 10.6. The van der Waals surface area contributed by atoms with Gasteiger partial charge in [-0.05, 0) is 60.4 Å². The second-order valence-electron chi connectivity index (χ2n) is 8.55. The van der Waals surface area contributed by atoms with Crippen LogP contribution >= 0.6 is 0 Å². The third-order valence-corrected chi connectivity index (χ3v) is 7.45. The van der Waals surface area contributed by atoms with E-state index in [-0.39, 0.29) is 18.0 Å². The second kappa shape index (κ2) is 8.49. The first kappa shape index (κ1) is 21.0. The zero-order valence-corrected chi connectivity index (χ0v) is 18.0. The van der Waals surface area contributed by atoms with Gasteiger partial charge in [0.25, 0.3) is 0 Å². The van der Waals surface area contributed by atoms with Crippen molar-refractivity contribution in [2.45, 2.75) is 48.7 Å². The fraction of sp³-hybridized carbons (Fsp3) is 0.435. The number of hydrogen-bond acceptors (Lipinski definition) is 5. The van der Waals surface area contributed by atoms with Crippen LogP contribution in [0.3, 0.4) is 0 Å². The van der Waals surface area contributed by atoms with Crippen LogP contribution in [0.1, 0.15) is 24.8 Å². The zero-order valence-electron chi connectivity index (χ0n) is 17.2. The van der Waals surface area contributed by atoms with E-state index in [9.17, 15) is 13.2 Å². The molecule has 2 fully saturated rings. The molecular formula is C23H29N3O3S. The topological polar surface area (TPSA) is 101 Å². The number of rotatable bonds is 7. The molecule has 2 aromatic rings. The van der Waals surface area contributed by atoms with E-state index in [1.54, 1.807) is 12.1 Å². The molecule has 1 saturated heterocycles. The predicted molar refractivity (Wildman–Crippen MR) is 118 cm³/mol. The van der Waals surface area contributed by atoms with Gasteiger partial charge in [0.2, 0.25) is 5.91 Å². The first-order valence-corrected chi connectivity index (χ1v) is 12.4. The Labute approximate surface area is 178 Å². The molecule has 1 aliphatic carbocycles. The van der Waals surface area contributed by atoms with Gasteiger partial charge in [0.1, 0.15) is 0 Å². The van der Waals surface area contributed by atoms with Crippen LogP contribution in [0.4, 0.5) is 0 Å². The zero-order chi connectivity index (χ0) is 21.3. The molecule has 1 amide bonds. The van der Waals surface area contributed by atoms with Crippen molar-refractivity contribution in [2.75, 3.05) is 12.8 Å². The molecule has 0 radical (unpaired) electrons. The van der Waals surface area contributed by atoms with Gasteiger partial charge < -0.3 is 16.4 Å². The SMILES string of the molecule is CS(=O)(=O)c1ccc(-c2ccc(C[C@@H](CN)NC(=O)C3NC4CCC3C4)cc2)cc1. The van der Waals surface area contributed by atoms with Gasteiger partial charge in [-0.3, -0.25) is 4.79 Å². The van der Waals surface area contributed by atoms with E-state index in [1.807, 2.05) is 36.4 Å². The maximum absolute atomic E-state index is 12.7. The molecule has 160 valence electrons. The highest BCUT2D eigenvalue weighted by Crippen LogP contribution is 2.35. The van der Waals surface area contributed by atoms with Crippen LogP contribution in [0.5, 0.6) is 0 Å². The summed E-state index contributed by atoms with van der Waals surface area (Å²) >= 11 is 0. The Bertz CT molecular complexity index is 1000. The molecule has 3 unspecified atom stereocenters. The number of nitrogens with one attached hydrogen (secondary N) is 2. The molecule has 1 saturated carbocycles. The monoisotopic (exact) mass is 427 g/mol. The summed E-state index contributed by atoms with van der Waals surface area (Å²) in [6, 6.07) is 15.3. The van der Waals surface area contributed by atoms with Crippen molar-refractivity contribution in [3.8, 4) is 11.1 Å². The molecule has 0 spiro atoms. The fourth-order valence-corrected chi connectivity index (χ4v) is 5.28. The summed E-state index contributed by atoms with van der Waals surface area (Å²) in [7, 11) is -3.19. The smallest absolute Gasteiger partial charge is 0.237 e. The predicted octanol–water partition coefficient (Wildman–Crippen LogP) is 1.88. The molecule has 4 rings (SSSR count). The fourth-order valence-electron chi connectivity index (χ4n) is 4.65. The van der Waals surface area contributed by atoms with Crippen LogP contribution in [0.25, 0.3) is 11.1 Å². The molecule has 6 nitrogen and oxygen atoms in total. The average molecular weight is 428 g/mol. The summed E-state index contributed by atoms with van der Waals surface area (Å²) < 4.78 is 23.2. The number of amides is 1. The molecule has 7 heteroatoms. The highest BCUT2D eigenvalue weighted by atomic mass is 32.2. The van der Waals surface area contributed by atoms with Crippen molar-refractivity contribution in [1.29, 1.82) is 0 Å². The molecular weight excluding hydrogens is 398 g/mol. The molecule has 1 aliphatic heterocycles. The summed E-state index contributed by atoms with van der Waals surface area (Å²) in [5.74, 6) is 0.530. The van der Waals surface area contributed by atoms with Crippen molar-refractivity contribution in [1.82, 2.24) is 10.6 Å². The first-order valence-electron chi connectivity index (χ1n) is 10.5. The minimum absolute atomic E-state index is 0.0697. The molecule has 4 atom stereocenters. The molecule has 2 bridgehead atoms. The van der Waals surface area contributed by atoms with Crippen molar-refractivity contribution < 1.29 is 13.2 Å². The van der Waals surface area contributed by atoms with Crippen LogP contribution in [0.15, 0.2) is 53.4 Å². The highest BCUT2D eigenvalue weighted by Gasteiger charge is 2.42.